The lowest BCUT2D eigenvalue weighted by Gasteiger charge is -2.35. The Labute approximate surface area is 253 Å². The zero-order chi connectivity index (χ0) is 30.3. The van der Waals surface area contributed by atoms with Crippen molar-refractivity contribution in [2.45, 2.75) is 45.7 Å². The van der Waals surface area contributed by atoms with Crippen LogP contribution in [0.25, 0.3) is 0 Å². The number of carbonyl (C=O) groups excluding carboxylic acids is 3. The van der Waals surface area contributed by atoms with Gasteiger partial charge in [0.05, 0.1) is 24.8 Å². The fourth-order valence-electron chi connectivity index (χ4n) is 5.78. The molecule has 0 spiro atoms. The quantitative estimate of drug-likeness (QED) is 0.222. The molecule has 1 N–H and O–H groups in total. The molecular weight excluding hydrogens is 536 g/mol. The molecule has 0 aromatic heterocycles. The summed E-state index contributed by atoms with van der Waals surface area (Å²) in [7, 11) is 0. The number of rotatable bonds is 9. The highest BCUT2D eigenvalue weighted by molar-refractivity contribution is 5.96. The summed E-state index contributed by atoms with van der Waals surface area (Å²) < 4.78 is 5.45. The van der Waals surface area contributed by atoms with Gasteiger partial charge in [-0.15, -0.1) is 0 Å². The lowest BCUT2D eigenvalue weighted by molar-refractivity contribution is -0.140. The van der Waals surface area contributed by atoms with E-state index in [0.717, 1.165) is 27.8 Å². The minimum Gasteiger partial charge on any atom is -0.463 e. The second-order valence-corrected chi connectivity index (χ2v) is 10.7. The number of aryl methyl sites for hydroxylation is 1. The van der Waals surface area contributed by atoms with Crippen molar-refractivity contribution in [1.29, 1.82) is 0 Å². The molecule has 1 heterocycles. The van der Waals surface area contributed by atoms with Gasteiger partial charge in [-0.2, -0.15) is 0 Å². The maximum absolute atomic E-state index is 13.6. The van der Waals surface area contributed by atoms with Crippen molar-refractivity contribution < 1.29 is 19.1 Å². The average molecular weight is 573 g/mol. The highest BCUT2D eigenvalue weighted by Crippen LogP contribution is 2.39. The van der Waals surface area contributed by atoms with E-state index in [1.165, 1.54) is 0 Å². The van der Waals surface area contributed by atoms with E-state index in [-0.39, 0.29) is 43.3 Å². The van der Waals surface area contributed by atoms with Crippen molar-refractivity contribution in [1.82, 2.24) is 10.2 Å². The van der Waals surface area contributed by atoms with Crippen LogP contribution < -0.4 is 5.32 Å². The van der Waals surface area contributed by atoms with E-state index in [9.17, 15) is 14.4 Å². The van der Waals surface area contributed by atoms with Gasteiger partial charge >= 0.3 is 5.97 Å². The van der Waals surface area contributed by atoms with E-state index < -0.39 is 5.97 Å². The number of hydrogen-bond donors (Lipinski definition) is 1. The molecule has 218 valence electrons. The van der Waals surface area contributed by atoms with Crippen LogP contribution in [-0.4, -0.2) is 29.3 Å². The summed E-state index contributed by atoms with van der Waals surface area (Å²) in [6.45, 7) is 6.04. The Kier molecular flexibility index (Phi) is 9.16. The molecule has 5 rings (SSSR count). The Bertz CT molecular complexity index is 1610. The number of allylic oxidation sites excluding steroid dienone is 1. The monoisotopic (exact) mass is 572 g/mol. The molecule has 4 aromatic rings. The summed E-state index contributed by atoms with van der Waals surface area (Å²) in [6, 6.07) is 34.5. The van der Waals surface area contributed by atoms with Crippen LogP contribution in [-0.2, 0) is 20.9 Å². The maximum Gasteiger partial charge on any atom is 0.336 e. The average Bonchev–Trinajstić information content (AvgIpc) is 3.03. The number of amides is 2. The van der Waals surface area contributed by atoms with Gasteiger partial charge in [0.1, 0.15) is 0 Å². The number of carbonyl (C=O) groups is 3. The van der Waals surface area contributed by atoms with E-state index in [1.807, 2.05) is 104 Å². The number of hydrogen-bond acceptors (Lipinski definition) is 4. The summed E-state index contributed by atoms with van der Waals surface area (Å²) in [5, 5.41) is 3.19. The van der Waals surface area contributed by atoms with Crippen LogP contribution in [0.15, 0.2) is 120 Å². The smallest absolute Gasteiger partial charge is 0.336 e. The first-order valence-corrected chi connectivity index (χ1v) is 14.6. The van der Waals surface area contributed by atoms with Gasteiger partial charge in [-0.25, -0.2) is 4.79 Å². The van der Waals surface area contributed by atoms with E-state index in [2.05, 4.69) is 5.32 Å². The Morgan fingerprint density at radius 2 is 1.49 bits per heavy atom. The third-order valence-corrected chi connectivity index (χ3v) is 7.95. The Morgan fingerprint density at radius 3 is 2.12 bits per heavy atom. The van der Waals surface area contributed by atoms with Gasteiger partial charge in [-0.3, -0.25) is 9.59 Å². The molecule has 1 aliphatic heterocycles. The van der Waals surface area contributed by atoms with Gasteiger partial charge in [-0.1, -0.05) is 97.1 Å². The van der Waals surface area contributed by atoms with Crippen LogP contribution in [0.2, 0.25) is 0 Å². The largest absolute Gasteiger partial charge is 0.463 e. The van der Waals surface area contributed by atoms with Crippen molar-refractivity contribution >= 4 is 17.8 Å². The van der Waals surface area contributed by atoms with Gasteiger partial charge in [0.2, 0.25) is 5.91 Å². The molecule has 2 amide bonds. The predicted molar refractivity (Wildman–Crippen MR) is 167 cm³/mol. The molecule has 0 saturated carbocycles. The Hall–Kier alpha value is -4.97. The Morgan fingerprint density at radius 1 is 0.860 bits per heavy atom. The van der Waals surface area contributed by atoms with Crippen molar-refractivity contribution in [3.05, 3.63) is 154 Å². The van der Waals surface area contributed by atoms with Gasteiger partial charge in [0.25, 0.3) is 5.91 Å². The molecule has 4 aromatic carbocycles. The molecule has 6 nitrogen and oxygen atoms in total. The third kappa shape index (κ3) is 6.59. The third-order valence-electron chi connectivity index (χ3n) is 7.95. The summed E-state index contributed by atoms with van der Waals surface area (Å²) in [4.78, 5) is 42.0. The van der Waals surface area contributed by atoms with E-state index >= 15 is 0 Å². The van der Waals surface area contributed by atoms with Gasteiger partial charge in [-0.05, 0) is 60.7 Å². The van der Waals surface area contributed by atoms with Crippen molar-refractivity contribution in [2.75, 3.05) is 6.61 Å². The van der Waals surface area contributed by atoms with E-state index in [4.69, 9.17) is 4.74 Å². The van der Waals surface area contributed by atoms with Gasteiger partial charge in [0.15, 0.2) is 0 Å². The van der Waals surface area contributed by atoms with Crippen LogP contribution in [0.1, 0.15) is 70.4 Å². The molecule has 6 heteroatoms. The summed E-state index contributed by atoms with van der Waals surface area (Å²) in [6.07, 6.45) is 0.159. The first-order valence-electron chi connectivity index (χ1n) is 14.6. The SMILES string of the molecule is CCOC(=O)C1=C(C)N(Cc2cccc(C(=O)NC(c3ccccc3)c3ccccc3)c2)C(=O)C[C@H]1c1ccccc1C. The Balaban J connectivity index is 1.42. The predicted octanol–water partition coefficient (Wildman–Crippen LogP) is 6.87. The minimum absolute atomic E-state index is 0.0816. The first kappa shape index (κ1) is 29.5. The maximum atomic E-state index is 13.6. The second kappa shape index (κ2) is 13.3. The first-order chi connectivity index (χ1) is 20.9. The molecule has 0 radical (unpaired) electrons. The molecule has 0 unspecified atom stereocenters. The summed E-state index contributed by atoms with van der Waals surface area (Å²) in [5.74, 6) is -1.09. The molecule has 0 saturated heterocycles. The standard InChI is InChI=1S/C37H36N2O4/c1-4-43-37(42)34-26(3)39(33(40)23-32(34)31-21-12-11-14-25(31)2)24-27-15-13-20-30(22-27)36(41)38-35(28-16-7-5-8-17-28)29-18-9-6-10-19-29/h5-22,32,35H,4,23-24H2,1-3H3,(H,38,41)/t32-/m0/s1. The number of benzene rings is 4. The second-order valence-electron chi connectivity index (χ2n) is 10.7. The number of nitrogens with one attached hydrogen (secondary N) is 1. The lowest BCUT2D eigenvalue weighted by Crippen LogP contribution is -2.38. The summed E-state index contributed by atoms with van der Waals surface area (Å²) in [5.41, 5.74) is 6.27. The fraction of sp³-hybridized carbons (Fsp3) is 0.216. The topological polar surface area (TPSA) is 75.7 Å². The van der Waals surface area contributed by atoms with E-state index in [1.54, 1.807) is 30.9 Å². The molecular formula is C37H36N2O4. The van der Waals surface area contributed by atoms with Crippen molar-refractivity contribution in [2.24, 2.45) is 0 Å². The molecule has 43 heavy (non-hydrogen) atoms. The van der Waals surface area contributed by atoms with E-state index in [0.29, 0.717) is 16.8 Å². The molecule has 0 aliphatic carbocycles. The summed E-state index contributed by atoms with van der Waals surface area (Å²) >= 11 is 0. The zero-order valence-electron chi connectivity index (χ0n) is 24.7. The zero-order valence-corrected chi connectivity index (χ0v) is 24.7. The molecule has 1 aliphatic rings. The molecule has 0 fully saturated rings. The van der Waals surface area contributed by atoms with Crippen LogP contribution in [0.3, 0.4) is 0 Å². The molecule has 0 bridgehead atoms. The number of esters is 1. The van der Waals surface area contributed by atoms with Crippen LogP contribution >= 0.6 is 0 Å². The highest BCUT2D eigenvalue weighted by atomic mass is 16.5. The normalized spacial score (nSPS) is 15.0. The minimum atomic E-state index is -0.410. The fourth-order valence-corrected chi connectivity index (χ4v) is 5.78. The van der Waals surface area contributed by atoms with Gasteiger partial charge < -0.3 is 15.0 Å². The number of ether oxygens (including phenoxy) is 1. The lowest BCUT2D eigenvalue weighted by atomic mass is 9.81. The van der Waals surface area contributed by atoms with Crippen LogP contribution in [0.4, 0.5) is 0 Å². The van der Waals surface area contributed by atoms with Crippen LogP contribution in [0, 0.1) is 6.92 Å². The number of nitrogens with zero attached hydrogens (tertiary/aromatic N) is 1. The highest BCUT2D eigenvalue weighted by Gasteiger charge is 2.37. The molecule has 1 atom stereocenters. The van der Waals surface area contributed by atoms with Crippen molar-refractivity contribution in [3.8, 4) is 0 Å². The van der Waals surface area contributed by atoms with Gasteiger partial charge in [0, 0.05) is 23.6 Å². The van der Waals surface area contributed by atoms with Crippen LogP contribution in [0.5, 0.6) is 0 Å². The van der Waals surface area contributed by atoms with Crippen molar-refractivity contribution in [3.63, 3.8) is 0 Å².